The molecule has 0 spiro atoms. The van der Waals surface area contributed by atoms with Gasteiger partial charge < -0.3 is 19.9 Å². The lowest BCUT2D eigenvalue weighted by atomic mass is 10.1. The van der Waals surface area contributed by atoms with Gasteiger partial charge in [0.15, 0.2) is 6.10 Å². The van der Waals surface area contributed by atoms with Crippen LogP contribution in [0.3, 0.4) is 0 Å². The van der Waals surface area contributed by atoms with Gasteiger partial charge in [-0.05, 0) is 45.9 Å². The molecule has 0 aliphatic rings. The molecule has 1 rings (SSSR count). The van der Waals surface area contributed by atoms with E-state index in [0.717, 1.165) is 5.56 Å². The fourth-order valence-electron chi connectivity index (χ4n) is 1.54. The molecule has 1 aromatic carbocycles. The van der Waals surface area contributed by atoms with E-state index in [0.29, 0.717) is 18.0 Å². The van der Waals surface area contributed by atoms with Crippen LogP contribution in [0.1, 0.15) is 33.3 Å². The molecular formula is C15H23NO4. The van der Waals surface area contributed by atoms with E-state index in [1.54, 1.807) is 19.2 Å². The second-order valence-electron chi connectivity index (χ2n) is 5.68. The number of methoxy groups -OCH3 is 1. The van der Waals surface area contributed by atoms with Gasteiger partial charge in [0.1, 0.15) is 11.5 Å². The zero-order valence-electron chi connectivity index (χ0n) is 12.7. The van der Waals surface area contributed by atoms with Gasteiger partial charge >= 0.3 is 5.97 Å². The third-order valence-corrected chi connectivity index (χ3v) is 2.73. The number of benzene rings is 1. The largest absolute Gasteiger partial charge is 0.497 e. The Kier molecular flexibility index (Phi) is 5.39. The van der Waals surface area contributed by atoms with Crippen LogP contribution in [0.15, 0.2) is 18.2 Å². The van der Waals surface area contributed by atoms with Gasteiger partial charge in [-0.15, -0.1) is 0 Å². The molecule has 1 unspecified atom stereocenters. The summed E-state index contributed by atoms with van der Waals surface area (Å²) in [6, 6.07) is 5.34. The summed E-state index contributed by atoms with van der Waals surface area (Å²) in [6.07, 6.45) is -0.892. The van der Waals surface area contributed by atoms with Crippen LogP contribution in [-0.4, -0.2) is 29.8 Å². The van der Waals surface area contributed by atoms with Gasteiger partial charge in [0.25, 0.3) is 0 Å². The van der Waals surface area contributed by atoms with E-state index in [1.165, 1.54) is 6.92 Å². The maximum absolute atomic E-state index is 10.9. The predicted octanol–water partition coefficient (Wildman–Crippen LogP) is 2.44. The highest BCUT2D eigenvalue weighted by Crippen LogP contribution is 2.25. The van der Waals surface area contributed by atoms with Crippen molar-refractivity contribution >= 4 is 5.97 Å². The van der Waals surface area contributed by atoms with Gasteiger partial charge in [0.2, 0.25) is 0 Å². The highest BCUT2D eigenvalue weighted by Gasteiger charge is 2.17. The van der Waals surface area contributed by atoms with Crippen molar-refractivity contribution in [3.05, 3.63) is 23.8 Å². The van der Waals surface area contributed by atoms with Crippen LogP contribution in [0.25, 0.3) is 0 Å². The van der Waals surface area contributed by atoms with E-state index in [9.17, 15) is 4.79 Å². The van der Waals surface area contributed by atoms with Crippen LogP contribution in [0, 0.1) is 0 Å². The lowest BCUT2D eigenvalue weighted by molar-refractivity contribution is -0.144. The zero-order chi connectivity index (χ0) is 15.3. The molecule has 1 aromatic rings. The van der Waals surface area contributed by atoms with Crippen molar-refractivity contribution in [3.8, 4) is 11.5 Å². The Hall–Kier alpha value is -1.75. The SMILES string of the molecule is COc1ccc(OC(C)C(=O)O)c(CNC(C)(C)C)c1. The van der Waals surface area contributed by atoms with E-state index in [4.69, 9.17) is 14.6 Å². The van der Waals surface area contributed by atoms with Gasteiger partial charge in [0, 0.05) is 17.6 Å². The summed E-state index contributed by atoms with van der Waals surface area (Å²) in [6.45, 7) is 8.27. The topological polar surface area (TPSA) is 67.8 Å². The van der Waals surface area contributed by atoms with E-state index in [1.807, 2.05) is 6.07 Å². The van der Waals surface area contributed by atoms with Gasteiger partial charge in [-0.25, -0.2) is 4.79 Å². The fourth-order valence-corrected chi connectivity index (χ4v) is 1.54. The number of carboxylic acids is 1. The monoisotopic (exact) mass is 281 g/mol. The summed E-state index contributed by atoms with van der Waals surface area (Å²) in [5.41, 5.74) is 0.825. The van der Waals surface area contributed by atoms with Crippen molar-refractivity contribution in [1.29, 1.82) is 0 Å². The summed E-state index contributed by atoms with van der Waals surface area (Å²) in [7, 11) is 1.59. The molecule has 0 heterocycles. The maximum atomic E-state index is 10.9. The lowest BCUT2D eigenvalue weighted by Crippen LogP contribution is -2.35. The second-order valence-corrected chi connectivity index (χ2v) is 5.68. The summed E-state index contributed by atoms with van der Waals surface area (Å²) >= 11 is 0. The normalized spacial score (nSPS) is 12.8. The molecule has 112 valence electrons. The Bertz CT molecular complexity index is 465. The number of aliphatic carboxylic acids is 1. The first-order valence-corrected chi connectivity index (χ1v) is 6.54. The number of hydrogen-bond donors (Lipinski definition) is 2. The smallest absolute Gasteiger partial charge is 0.344 e. The van der Waals surface area contributed by atoms with E-state index in [2.05, 4.69) is 26.1 Å². The van der Waals surface area contributed by atoms with Crippen LogP contribution in [0.5, 0.6) is 11.5 Å². The van der Waals surface area contributed by atoms with Gasteiger partial charge in [0.05, 0.1) is 7.11 Å². The van der Waals surface area contributed by atoms with Crippen molar-refractivity contribution < 1.29 is 19.4 Å². The van der Waals surface area contributed by atoms with Crippen LogP contribution in [-0.2, 0) is 11.3 Å². The first-order chi connectivity index (χ1) is 9.23. The molecule has 0 radical (unpaired) electrons. The molecule has 0 aromatic heterocycles. The van der Waals surface area contributed by atoms with Crippen molar-refractivity contribution in [2.75, 3.05) is 7.11 Å². The first-order valence-electron chi connectivity index (χ1n) is 6.54. The van der Waals surface area contributed by atoms with Crippen molar-refractivity contribution in [3.63, 3.8) is 0 Å². The number of carboxylic acid groups (broad SMARTS) is 1. The van der Waals surface area contributed by atoms with Crippen LogP contribution >= 0.6 is 0 Å². The average molecular weight is 281 g/mol. The Morgan fingerprint density at radius 1 is 1.40 bits per heavy atom. The van der Waals surface area contributed by atoms with Crippen LogP contribution in [0.4, 0.5) is 0 Å². The number of ether oxygens (including phenoxy) is 2. The van der Waals surface area contributed by atoms with E-state index < -0.39 is 12.1 Å². The van der Waals surface area contributed by atoms with Gasteiger partial charge in [-0.1, -0.05) is 0 Å². The summed E-state index contributed by atoms with van der Waals surface area (Å²) in [4.78, 5) is 10.9. The Balaban J connectivity index is 2.94. The van der Waals surface area contributed by atoms with Gasteiger partial charge in [-0.3, -0.25) is 0 Å². The standard InChI is InChI=1S/C15H23NO4/c1-10(14(17)18)20-13-7-6-12(19-5)8-11(13)9-16-15(2,3)4/h6-8,10,16H,9H2,1-5H3,(H,17,18). The van der Waals surface area contributed by atoms with Crippen molar-refractivity contribution in [2.24, 2.45) is 0 Å². The summed E-state index contributed by atoms with van der Waals surface area (Å²) in [5.74, 6) is 0.277. The average Bonchev–Trinajstić information content (AvgIpc) is 2.36. The molecule has 0 aliphatic carbocycles. The number of nitrogens with one attached hydrogen (secondary N) is 1. The number of rotatable bonds is 6. The first kappa shape index (κ1) is 16.3. The lowest BCUT2D eigenvalue weighted by Gasteiger charge is -2.22. The van der Waals surface area contributed by atoms with E-state index >= 15 is 0 Å². The minimum absolute atomic E-state index is 0.0429. The highest BCUT2D eigenvalue weighted by atomic mass is 16.5. The fraction of sp³-hybridized carbons (Fsp3) is 0.533. The minimum Gasteiger partial charge on any atom is -0.497 e. The Labute approximate surface area is 119 Å². The van der Waals surface area contributed by atoms with Crippen LogP contribution < -0.4 is 14.8 Å². The Morgan fingerprint density at radius 3 is 2.55 bits per heavy atom. The van der Waals surface area contributed by atoms with Crippen molar-refractivity contribution in [2.45, 2.75) is 45.9 Å². The number of carbonyl (C=O) groups is 1. The van der Waals surface area contributed by atoms with Crippen molar-refractivity contribution in [1.82, 2.24) is 5.32 Å². The third kappa shape index (κ3) is 5.09. The predicted molar refractivity (Wildman–Crippen MR) is 77.3 cm³/mol. The quantitative estimate of drug-likeness (QED) is 0.838. The maximum Gasteiger partial charge on any atom is 0.344 e. The highest BCUT2D eigenvalue weighted by molar-refractivity contribution is 5.72. The molecular weight excluding hydrogens is 258 g/mol. The van der Waals surface area contributed by atoms with Gasteiger partial charge in [-0.2, -0.15) is 0 Å². The molecule has 0 saturated carbocycles. The third-order valence-electron chi connectivity index (χ3n) is 2.73. The summed E-state index contributed by atoms with van der Waals surface area (Å²) in [5, 5.41) is 12.3. The molecule has 2 N–H and O–H groups in total. The Morgan fingerprint density at radius 2 is 2.05 bits per heavy atom. The molecule has 20 heavy (non-hydrogen) atoms. The minimum atomic E-state index is -0.990. The second kappa shape index (κ2) is 6.61. The molecule has 0 bridgehead atoms. The number of hydrogen-bond acceptors (Lipinski definition) is 4. The molecule has 0 saturated heterocycles. The van der Waals surface area contributed by atoms with E-state index in [-0.39, 0.29) is 5.54 Å². The molecule has 5 nitrogen and oxygen atoms in total. The molecule has 0 aliphatic heterocycles. The zero-order valence-corrected chi connectivity index (χ0v) is 12.7. The summed E-state index contributed by atoms with van der Waals surface area (Å²) < 4.78 is 10.7. The molecule has 5 heteroatoms. The molecule has 1 atom stereocenters. The molecule has 0 amide bonds. The van der Waals surface area contributed by atoms with Crippen LogP contribution in [0.2, 0.25) is 0 Å². The molecule has 0 fully saturated rings.